The van der Waals surface area contributed by atoms with Crippen molar-refractivity contribution in [1.82, 2.24) is 19.1 Å². The van der Waals surface area contributed by atoms with Crippen molar-refractivity contribution >= 4 is 49.3 Å². The van der Waals surface area contributed by atoms with Crippen LogP contribution in [0.25, 0.3) is 60.1 Å². The summed E-state index contributed by atoms with van der Waals surface area (Å²) in [5, 5.41) is 13.9. The van der Waals surface area contributed by atoms with Crippen LogP contribution in [0.15, 0.2) is 122 Å². The third kappa shape index (κ3) is 3.73. The molecule has 0 unspecified atom stereocenters. The van der Waals surface area contributed by atoms with E-state index in [-0.39, 0.29) is 0 Å². The van der Waals surface area contributed by atoms with Crippen LogP contribution >= 0.6 is 0 Å². The van der Waals surface area contributed by atoms with Crippen molar-refractivity contribution in [2.24, 2.45) is 0 Å². The lowest BCUT2D eigenvalue weighted by Gasteiger charge is -2.11. The molecule has 8 aromatic rings. The molecule has 7 heteroatoms. The quantitative estimate of drug-likeness (QED) is 0.204. The number of pyridine rings is 2. The van der Waals surface area contributed by atoms with E-state index >= 15 is 0 Å². The zero-order valence-corrected chi connectivity index (χ0v) is 22.6. The first-order chi connectivity index (χ1) is 21.2. The third-order valence-electron chi connectivity index (χ3n) is 7.73. The fourth-order valence-electron chi connectivity index (χ4n) is 5.97. The molecule has 4 heterocycles. The Bertz CT molecular complexity index is 2270. The van der Waals surface area contributed by atoms with Gasteiger partial charge in [-0.05, 0) is 60.0 Å². The Morgan fingerprint density at radius 3 is 1.77 bits per heavy atom. The highest BCUT2D eigenvalue weighted by molar-refractivity contribution is 6.14. The molecule has 4 aromatic heterocycles. The van der Waals surface area contributed by atoms with E-state index in [0.717, 1.165) is 55.2 Å². The highest BCUT2D eigenvalue weighted by atomic mass is 16.5. The molecule has 0 spiro atoms. The summed E-state index contributed by atoms with van der Waals surface area (Å²) in [6.45, 7) is 7.80. The fourth-order valence-corrected chi connectivity index (χ4v) is 5.97. The minimum atomic E-state index is 0.561. The molecule has 0 N–H and O–H groups in total. The molecule has 0 aliphatic rings. The van der Waals surface area contributed by atoms with Gasteiger partial charge in [0.2, 0.25) is 5.69 Å². The Labute approximate surface area is 245 Å². The summed E-state index contributed by atoms with van der Waals surface area (Å²) in [6, 6.07) is 37.3. The van der Waals surface area contributed by atoms with Crippen LogP contribution in [0.3, 0.4) is 0 Å². The van der Waals surface area contributed by atoms with Gasteiger partial charge >= 0.3 is 0 Å². The fraction of sp³-hybridized carbons (Fsp3) is 0. The number of aromatic nitrogens is 4. The van der Waals surface area contributed by atoms with Crippen LogP contribution in [0.2, 0.25) is 0 Å². The second kappa shape index (κ2) is 9.59. The van der Waals surface area contributed by atoms with Gasteiger partial charge in [-0.3, -0.25) is 4.57 Å². The Morgan fingerprint density at radius 2 is 1.21 bits per heavy atom. The number of para-hydroxylation sites is 2. The Balaban J connectivity index is 1.32. The lowest BCUT2D eigenvalue weighted by Crippen LogP contribution is -1.98. The highest BCUT2D eigenvalue weighted by Crippen LogP contribution is 2.40. The second-order valence-corrected chi connectivity index (χ2v) is 10.1. The van der Waals surface area contributed by atoms with E-state index in [1.165, 1.54) is 0 Å². The van der Waals surface area contributed by atoms with Gasteiger partial charge in [0.25, 0.3) is 0 Å². The average molecular weight is 553 g/mol. The van der Waals surface area contributed by atoms with Crippen LogP contribution in [0.1, 0.15) is 5.56 Å². The van der Waals surface area contributed by atoms with E-state index in [1.54, 1.807) is 12.4 Å². The maximum Gasteiger partial charge on any atom is 0.211 e. The minimum absolute atomic E-state index is 0.561. The average Bonchev–Trinajstić information content (AvgIpc) is 3.58. The second-order valence-electron chi connectivity index (χ2n) is 10.1. The first-order valence-corrected chi connectivity index (χ1v) is 13.7. The zero-order chi connectivity index (χ0) is 28.9. The van der Waals surface area contributed by atoms with Gasteiger partial charge in [-0.25, -0.2) is 14.8 Å². The van der Waals surface area contributed by atoms with Crippen molar-refractivity contribution in [1.29, 1.82) is 5.26 Å². The van der Waals surface area contributed by atoms with Crippen molar-refractivity contribution in [2.45, 2.75) is 0 Å². The molecular formula is C36H20N6O. The molecule has 200 valence electrons. The number of ether oxygens (including phenoxy) is 1. The van der Waals surface area contributed by atoms with Gasteiger partial charge in [-0.2, -0.15) is 5.26 Å². The van der Waals surface area contributed by atoms with Gasteiger partial charge in [-0.1, -0.05) is 42.5 Å². The van der Waals surface area contributed by atoms with Crippen LogP contribution in [-0.4, -0.2) is 19.1 Å². The number of nitriles is 1. The molecule has 0 saturated heterocycles. The predicted molar refractivity (Wildman–Crippen MR) is 168 cm³/mol. The Kier molecular flexibility index (Phi) is 5.43. The van der Waals surface area contributed by atoms with Crippen LogP contribution in [0.5, 0.6) is 11.5 Å². The molecular weight excluding hydrogens is 532 g/mol. The molecule has 8 rings (SSSR count). The van der Waals surface area contributed by atoms with Gasteiger partial charge in [0.05, 0.1) is 34.2 Å². The number of rotatable bonds is 4. The molecule has 4 aromatic carbocycles. The molecule has 0 aliphatic carbocycles. The summed E-state index contributed by atoms with van der Waals surface area (Å²) < 4.78 is 10.5. The normalized spacial score (nSPS) is 11.2. The SMILES string of the molecule is [C-]#[N+]c1cccc2c3ccc(Oc4ccc5c6cccc(C#N)c6n(-c6ccccn6)c5c4)cc3n(-c3ccccn3)c12. The minimum Gasteiger partial charge on any atom is -0.457 e. The summed E-state index contributed by atoms with van der Waals surface area (Å²) in [6.07, 6.45) is 3.50. The topological polar surface area (TPSA) is 73.0 Å². The van der Waals surface area contributed by atoms with E-state index in [9.17, 15) is 5.26 Å². The molecule has 0 amide bonds. The van der Waals surface area contributed by atoms with Crippen LogP contribution in [-0.2, 0) is 0 Å². The molecule has 0 radical (unpaired) electrons. The van der Waals surface area contributed by atoms with Gasteiger partial charge < -0.3 is 9.30 Å². The van der Waals surface area contributed by atoms with Gasteiger partial charge in [0.1, 0.15) is 29.2 Å². The third-order valence-corrected chi connectivity index (χ3v) is 7.73. The number of nitrogens with zero attached hydrogens (tertiary/aromatic N) is 6. The van der Waals surface area contributed by atoms with E-state index in [0.29, 0.717) is 22.7 Å². The van der Waals surface area contributed by atoms with E-state index in [2.05, 4.69) is 20.9 Å². The monoisotopic (exact) mass is 552 g/mol. The summed E-state index contributed by atoms with van der Waals surface area (Å²) in [4.78, 5) is 13.0. The van der Waals surface area contributed by atoms with Crippen molar-refractivity contribution in [3.8, 4) is 29.2 Å². The molecule has 0 atom stereocenters. The van der Waals surface area contributed by atoms with E-state index in [1.807, 2.05) is 118 Å². The highest BCUT2D eigenvalue weighted by Gasteiger charge is 2.19. The van der Waals surface area contributed by atoms with E-state index < -0.39 is 0 Å². The van der Waals surface area contributed by atoms with Gasteiger partial charge in [0.15, 0.2) is 0 Å². The van der Waals surface area contributed by atoms with Gasteiger partial charge in [0, 0.05) is 40.7 Å². The Morgan fingerprint density at radius 1 is 0.628 bits per heavy atom. The van der Waals surface area contributed by atoms with Crippen LogP contribution < -0.4 is 4.74 Å². The number of hydrogen-bond donors (Lipinski definition) is 0. The number of benzene rings is 4. The molecule has 43 heavy (non-hydrogen) atoms. The van der Waals surface area contributed by atoms with Crippen molar-refractivity contribution in [3.63, 3.8) is 0 Å². The molecule has 0 saturated carbocycles. The standard InChI is InChI=1S/C36H20N6O/c1-38-30-11-7-10-29-27-17-15-25(21-32(27)42(36(29)30)34-13-3-5-19-40-34)43-24-14-16-26-28-9-6-8-23(22-37)35(28)41(31(26)20-24)33-12-2-4-18-39-33/h2-21H. The molecule has 0 bridgehead atoms. The van der Waals surface area contributed by atoms with Crippen molar-refractivity contribution < 1.29 is 4.74 Å². The molecule has 0 fully saturated rings. The summed E-state index contributed by atoms with van der Waals surface area (Å²) in [5.74, 6) is 2.74. The Hall–Kier alpha value is -6.44. The maximum absolute atomic E-state index is 9.93. The maximum atomic E-state index is 9.93. The summed E-state index contributed by atoms with van der Waals surface area (Å²) in [5.41, 5.74) is 4.55. The number of fused-ring (bicyclic) bond motifs is 6. The van der Waals surface area contributed by atoms with Crippen LogP contribution in [0, 0.1) is 17.9 Å². The van der Waals surface area contributed by atoms with Crippen LogP contribution in [0.4, 0.5) is 5.69 Å². The largest absolute Gasteiger partial charge is 0.457 e. The molecule has 7 nitrogen and oxygen atoms in total. The van der Waals surface area contributed by atoms with Crippen molar-refractivity contribution in [3.05, 3.63) is 139 Å². The first kappa shape index (κ1) is 24.4. The predicted octanol–water partition coefficient (Wildman–Crippen LogP) is 8.89. The number of hydrogen-bond acceptors (Lipinski definition) is 4. The van der Waals surface area contributed by atoms with Crippen molar-refractivity contribution in [2.75, 3.05) is 0 Å². The lowest BCUT2D eigenvalue weighted by atomic mass is 10.1. The zero-order valence-electron chi connectivity index (χ0n) is 22.6. The van der Waals surface area contributed by atoms with Gasteiger partial charge in [-0.15, -0.1) is 0 Å². The van der Waals surface area contributed by atoms with E-state index in [4.69, 9.17) is 11.3 Å². The molecule has 0 aliphatic heterocycles. The first-order valence-electron chi connectivity index (χ1n) is 13.7. The summed E-state index contributed by atoms with van der Waals surface area (Å²) in [7, 11) is 0. The smallest absolute Gasteiger partial charge is 0.211 e. The summed E-state index contributed by atoms with van der Waals surface area (Å²) >= 11 is 0. The lowest BCUT2D eigenvalue weighted by molar-refractivity contribution is 0.484.